The number of para-hydroxylation sites is 2. The monoisotopic (exact) mass is 405 g/mol. The number of nitrogens with one attached hydrogen (secondary N) is 2. The Morgan fingerprint density at radius 1 is 1.13 bits per heavy atom. The minimum absolute atomic E-state index is 0.426. The minimum atomic E-state index is -1.08. The number of rotatable bonds is 6. The van der Waals surface area contributed by atoms with Gasteiger partial charge in [-0.15, -0.1) is 0 Å². The van der Waals surface area contributed by atoms with Crippen molar-refractivity contribution >= 4 is 28.9 Å². The van der Waals surface area contributed by atoms with Gasteiger partial charge in [0, 0.05) is 0 Å². The second-order valence-electron chi connectivity index (χ2n) is 7.68. The highest BCUT2D eigenvalue weighted by Gasteiger charge is 2.48. The van der Waals surface area contributed by atoms with Gasteiger partial charge >= 0.3 is 6.03 Å². The molecule has 0 unspecified atom stereocenters. The number of aryl methyl sites for hydroxylation is 1. The molecule has 1 aromatic heterocycles. The molecule has 8 nitrogen and oxygen atoms in total. The average molecular weight is 405 g/mol. The fourth-order valence-corrected chi connectivity index (χ4v) is 3.61. The van der Waals surface area contributed by atoms with E-state index in [0.717, 1.165) is 21.6 Å². The lowest BCUT2D eigenvalue weighted by Crippen LogP contribution is -2.50. The van der Waals surface area contributed by atoms with E-state index >= 15 is 0 Å². The van der Waals surface area contributed by atoms with Crippen molar-refractivity contribution < 1.29 is 14.4 Å². The van der Waals surface area contributed by atoms with Crippen LogP contribution in [0.5, 0.6) is 0 Å². The number of hydrogen-bond acceptors (Lipinski definition) is 4. The number of aromatic nitrogens is 2. The maximum atomic E-state index is 12.9. The van der Waals surface area contributed by atoms with E-state index in [1.807, 2.05) is 54.6 Å². The SMILES string of the molecule is C[C@H](C(=O)NN1C(=O)N[C@@](C)(CCc2ccccc2)C1=O)n1cnc2ccccc21. The van der Waals surface area contributed by atoms with Crippen molar-refractivity contribution in [3.05, 3.63) is 66.5 Å². The molecule has 1 fully saturated rings. The predicted octanol–water partition coefficient (Wildman–Crippen LogP) is 2.57. The topological polar surface area (TPSA) is 96.3 Å². The fourth-order valence-electron chi connectivity index (χ4n) is 3.61. The Morgan fingerprint density at radius 2 is 1.83 bits per heavy atom. The van der Waals surface area contributed by atoms with Gasteiger partial charge in [-0.25, -0.2) is 9.78 Å². The van der Waals surface area contributed by atoms with Gasteiger partial charge in [-0.1, -0.05) is 42.5 Å². The molecule has 2 N–H and O–H groups in total. The number of imidazole rings is 1. The molecule has 1 aliphatic rings. The van der Waals surface area contributed by atoms with Crippen molar-refractivity contribution in [3.8, 4) is 0 Å². The number of nitrogens with zero attached hydrogens (tertiary/aromatic N) is 3. The third-order valence-corrected chi connectivity index (χ3v) is 5.52. The number of carbonyl (C=O) groups excluding carboxylic acids is 3. The van der Waals surface area contributed by atoms with Gasteiger partial charge in [-0.05, 0) is 44.4 Å². The summed E-state index contributed by atoms with van der Waals surface area (Å²) in [7, 11) is 0. The number of hydrazine groups is 1. The molecule has 8 heteroatoms. The zero-order valence-electron chi connectivity index (χ0n) is 16.8. The van der Waals surface area contributed by atoms with Crippen molar-refractivity contribution in [2.24, 2.45) is 0 Å². The van der Waals surface area contributed by atoms with E-state index < -0.39 is 29.4 Å². The van der Waals surface area contributed by atoms with Crippen LogP contribution >= 0.6 is 0 Å². The molecule has 3 aromatic rings. The molecule has 1 saturated heterocycles. The van der Waals surface area contributed by atoms with Crippen molar-refractivity contribution in [1.29, 1.82) is 0 Å². The van der Waals surface area contributed by atoms with Gasteiger partial charge < -0.3 is 9.88 Å². The Labute approximate surface area is 173 Å². The molecule has 2 heterocycles. The molecule has 2 aromatic carbocycles. The third-order valence-electron chi connectivity index (χ3n) is 5.52. The Kier molecular flexibility index (Phi) is 4.99. The summed E-state index contributed by atoms with van der Waals surface area (Å²) in [6.07, 6.45) is 2.63. The lowest BCUT2D eigenvalue weighted by molar-refractivity contribution is -0.139. The Morgan fingerprint density at radius 3 is 2.60 bits per heavy atom. The number of amides is 4. The standard InChI is InChI=1S/C22H23N5O3/c1-15(26-14-23-17-10-6-7-11-18(17)26)19(28)25-27-20(29)22(2,24-21(27)30)13-12-16-8-4-3-5-9-16/h3-11,14-15H,12-13H2,1-2H3,(H,24,30)(H,25,28)/t15-,22+/m1/s1. The summed E-state index contributed by atoms with van der Waals surface area (Å²) in [5.74, 6) is -0.951. The quantitative estimate of drug-likeness (QED) is 0.616. The molecular formula is C22H23N5O3. The normalized spacial score (nSPS) is 19.7. The van der Waals surface area contributed by atoms with Crippen LogP contribution in [-0.4, -0.2) is 37.9 Å². The van der Waals surface area contributed by atoms with Gasteiger partial charge in [0.05, 0.1) is 17.4 Å². The number of hydrogen-bond donors (Lipinski definition) is 2. The van der Waals surface area contributed by atoms with E-state index in [1.54, 1.807) is 24.7 Å². The summed E-state index contributed by atoms with van der Waals surface area (Å²) in [6, 6.07) is 15.9. The number of imide groups is 1. The molecule has 1 aliphatic heterocycles. The molecule has 0 bridgehead atoms. The van der Waals surface area contributed by atoms with Gasteiger partial charge in [-0.3, -0.25) is 15.0 Å². The van der Waals surface area contributed by atoms with E-state index in [1.165, 1.54) is 0 Å². The van der Waals surface area contributed by atoms with E-state index in [9.17, 15) is 14.4 Å². The molecule has 30 heavy (non-hydrogen) atoms. The van der Waals surface area contributed by atoms with E-state index in [0.29, 0.717) is 12.8 Å². The van der Waals surface area contributed by atoms with Crippen LogP contribution in [-0.2, 0) is 16.0 Å². The first-order valence-electron chi connectivity index (χ1n) is 9.82. The van der Waals surface area contributed by atoms with Crippen LogP contribution in [0.4, 0.5) is 4.79 Å². The van der Waals surface area contributed by atoms with Gasteiger partial charge in [0.25, 0.3) is 11.8 Å². The van der Waals surface area contributed by atoms with Gasteiger partial charge in [0.2, 0.25) is 0 Å². The van der Waals surface area contributed by atoms with Crippen LogP contribution in [0.2, 0.25) is 0 Å². The van der Waals surface area contributed by atoms with Crippen molar-refractivity contribution in [2.75, 3.05) is 0 Å². The third kappa shape index (κ3) is 3.52. The lowest BCUT2D eigenvalue weighted by Gasteiger charge is -2.22. The first kappa shape index (κ1) is 19.6. The molecule has 0 spiro atoms. The second-order valence-corrected chi connectivity index (χ2v) is 7.68. The van der Waals surface area contributed by atoms with Gasteiger partial charge in [-0.2, -0.15) is 5.01 Å². The smallest absolute Gasteiger partial charge is 0.322 e. The Balaban J connectivity index is 1.45. The number of carbonyl (C=O) groups is 3. The molecule has 2 atom stereocenters. The van der Waals surface area contributed by atoms with Crippen LogP contribution in [0, 0.1) is 0 Å². The fraction of sp³-hybridized carbons (Fsp3) is 0.273. The Hall–Kier alpha value is -3.68. The molecule has 0 aliphatic carbocycles. The number of benzene rings is 2. The average Bonchev–Trinajstić information content (AvgIpc) is 3.27. The van der Waals surface area contributed by atoms with Crippen LogP contribution in [0.25, 0.3) is 11.0 Å². The van der Waals surface area contributed by atoms with Gasteiger partial charge in [0.15, 0.2) is 0 Å². The maximum absolute atomic E-state index is 12.9. The molecule has 4 amide bonds. The van der Waals surface area contributed by atoms with Crippen LogP contribution in [0.3, 0.4) is 0 Å². The zero-order valence-corrected chi connectivity index (χ0v) is 16.8. The van der Waals surface area contributed by atoms with Crippen molar-refractivity contribution in [1.82, 2.24) is 25.3 Å². The van der Waals surface area contributed by atoms with Crippen molar-refractivity contribution in [2.45, 2.75) is 38.3 Å². The molecule has 0 radical (unpaired) electrons. The first-order chi connectivity index (χ1) is 14.4. The van der Waals surface area contributed by atoms with Crippen LogP contribution < -0.4 is 10.7 Å². The van der Waals surface area contributed by atoms with E-state index in [4.69, 9.17) is 0 Å². The molecule has 4 rings (SSSR count). The second kappa shape index (κ2) is 7.62. The largest absolute Gasteiger partial charge is 0.344 e. The zero-order chi connectivity index (χ0) is 21.3. The molecule has 0 saturated carbocycles. The maximum Gasteiger partial charge on any atom is 0.344 e. The summed E-state index contributed by atoms with van der Waals surface area (Å²) in [4.78, 5) is 42.4. The Bertz CT molecular complexity index is 1110. The van der Waals surface area contributed by atoms with Crippen LogP contribution in [0.1, 0.15) is 31.9 Å². The summed E-state index contributed by atoms with van der Waals surface area (Å²) in [5, 5.41) is 3.49. The summed E-state index contributed by atoms with van der Waals surface area (Å²) in [5.41, 5.74) is 4.02. The van der Waals surface area contributed by atoms with Crippen molar-refractivity contribution in [3.63, 3.8) is 0 Å². The number of fused-ring (bicyclic) bond motifs is 1. The molecular weight excluding hydrogens is 382 g/mol. The number of urea groups is 1. The summed E-state index contributed by atoms with van der Waals surface area (Å²) < 4.78 is 1.71. The van der Waals surface area contributed by atoms with E-state index in [2.05, 4.69) is 15.7 Å². The highest BCUT2D eigenvalue weighted by Crippen LogP contribution is 2.23. The molecule has 154 valence electrons. The van der Waals surface area contributed by atoms with E-state index in [-0.39, 0.29) is 0 Å². The van der Waals surface area contributed by atoms with Gasteiger partial charge in [0.1, 0.15) is 11.6 Å². The summed E-state index contributed by atoms with van der Waals surface area (Å²) >= 11 is 0. The highest BCUT2D eigenvalue weighted by molar-refractivity contribution is 6.07. The predicted molar refractivity (Wildman–Crippen MR) is 111 cm³/mol. The first-order valence-corrected chi connectivity index (χ1v) is 9.82. The minimum Gasteiger partial charge on any atom is -0.322 e. The van der Waals surface area contributed by atoms with Crippen LogP contribution in [0.15, 0.2) is 60.9 Å². The summed E-state index contributed by atoms with van der Waals surface area (Å²) in [6.45, 7) is 3.37. The highest BCUT2D eigenvalue weighted by atomic mass is 16.2. The lowest BCUT2D eigenvalue weighted by atomic mass is 9.93.